The Bertz CT molecular complexity index is 650. The van der Waals surface area contributed by atoms with Crippen LogP contribution >= 0.6 is 0 Å². The number of imide groups is 1. The fourth-order valence-corrected chi connectivity index (χ4v) is 2.49. The molecule has 9 heteroatoms. The summed E-state index contributed by atoms with van der Waals surface area (Å²) < 4.78 is 5.98. The predicted molar refractivity (Wildman–Crippen MR) is 111 cm³/mol. The van der Waals surface area contributed by atoms with Gasteiger partial charge in [0, 0.05) is 24.9 Å². The molecule has 0 aliphatic carbocycles. The van der Waals surface area contributed by atoms with Crippen molar-refractivity contribution in [2.75, 3.05) is 20.3 Å². The Morgan fingerprint density at radius 1 is 1.03 bits per heavy atom. The molecule has 1 heterocycles. The summed E-state index contributed by atoms with van der Waals surface area (Å²) in [6.07, 6.45) is 0.388. The number of ether oxygens (including phenoxy) is 1. The normalized spacial score (nSPS) is 15.7. The average Bonchev–Trinajstić information content (AvgIpc) is 2.90. The first-order valence-corrected chi connectivity index (χ1v) is 10.3. The van der Waals surface area contributed by atoms with Crippen molar-refractivity contribution >= 4 is 23.7 Å². The van der Waals surface area contributed by atoms with E-state index < -0.39 is 28.8 Å². The minimum absolute atomic E-state index is 0.00672. The molecule has 1 fully saturated rings. The summed E-state index contributed by atoms with van der Waals surface area (Å²) in [7, 11) is 1.99. The Balaban J connectivity index is 2.45. The molecule has 1 saturated heterocycles. The van der Waals surface area contributed by atoms with E-state index in [9.17, 15) is 19.2 Å². The Morgan fingerprint density at radius 3 is 2.07 bits per heavy atom. The lowest BCUT2D eigenvalue weighted by atomic mass is 9.88. The first-order valence-electron chi connectivity index (χ1n) is 10.3. The molecule has 9 nitrogen and oxygen atoms in total. The van der Waals surface area contributed by atoms with Gasteiger partial charge in [0.1, 0.15) is 0 Å². The van der Waals surface area contributed by atoms with Gasteiger partial charge in [-0.25, -0.2) is 4.79 Å². The van der Waals surface area contributed by atoms with Crippen LogP contribution in [0.25, 0.3) is 0 Å². The zero-order chi connectivity index (χ0) is 23.3. The SMILES string of the molecule is CN(COC(C)(C)CCNC(=O)C(C)(C)CC(=O)ON1C(=O)CCC1=O)C(C)(C)C. The highest BCUT2D eigenvalue weighted by atomic mass is 16.7. The highest BCUT2D eigenvalue weighted by Gasteiger charge is 2.36. The molecule has 0 saturated carbocycles. The van der Waals surface area contributed by atoms with Crippen LogP contribution in [0.5, 0.6) is 0 Å². The fraction of sp³-hybridized carbons (Fsp3) is 0.810. The van der Waals surface area contributed by atoms with E-state index in [2.05, 4.69) is 31.0 Å². The second-order valence-electron chi connectivity index (χ2n) is 10.0. The second kappa shape index (κ2) is 9.87. The van der Waals surface area contributed by atoms with Crippen LogP contribution < -0.4 is 5.32 Å². The monoisotopic (exact) mass is 427 g/mol. The van der Waals surface area contributed by atoms with E-state index in [1.54, 1.807) is 13.8 Å². The van der Waals surface area contributed by atoms with Gasteiger partial charge in [0.25, 0.3) is 11.8 Å². The van der Waals surface area contributed by atoms with E-state index in [-0.39, 0.29) is 30.7 Å². The highest BCUT2D eigenvalue weighted by Crippen LogP contribution is 2.23. The molecule has 0 aromatic rings. The molecular formula is C21H37N3O6. The van der Waals surface area contributed by atoms with Crippen LogP contribution in [0.4, 0.5) is 0 Å². The standard InChI is InChI=1S/C21H37N3O6/c1-19(2,3)23(8)14-29-21(6,7)11-12-22-18(28)20(4,5)13-17(27)30-24-15(25)9-10-16(24)26/h9-14H2,1-8H3,(H,22,28). The van der Waals surface area contributed by atoms with Crippen molar-refractivity contribution in [1.29, 1.82) is 0 Å². The van der Waals surface area contributed by atoms with E-state index in [1.807, 2.05) is 20.9 Å². The van der Waals surface area contributed by atoms with Crippen molar-refractivity contribution in [3.05, 3.63) is 0 Å². The quantitative estimate of drug-likeness (QED) is 0.420. The van der Waals surface area contributed by atoms with Gasteiger partial charge < -0.3 is 14.9 Å². The van der Waals surface area contributed by atoms with Gasteiger partial charge >= 0.3 is 5.97 Å². The number of rotatable bonds is 10. The predicted octanol–water partition coefficient (Wildman–Crippen LogP) is 2.00. The third kappa shape index (κ3) is 8.02. The number of nitrogens with zero attached hydrogens (tertiary/aromatic N) is 2. The number of hydrogen-bond donors (Lipinski definition) is 1. The van der Waals surface area contributed by atoms with Crippen LogP contribution in [0, 0.1) is 5.41 Å². The molecule has 0 bridgehead atoms. The molecule has 30 heavy (non-hydrogen) atoms. The minimum atomic E-state index is -1.06. The minimum Gasteiger partial charge on any atom is -0.360 e. The first-order chi connectivity index (χ1) is 13.5. The Labute approximate surface area is 179 Å². The first kappa shape index (κ1) is 26.0. The van der Waals surface area contributed by atoms with Crippen LogP contribution in [0.1, 0.15) is 74.1 Å². The van der Waals surface area contributed by atoms with Crippen molar-refractivity contribution in [1.82, 2.24) is 15.3 Å². The maximum Gasteiger partial charge on any atom is 0.334 e. The van der Waals surface area contributed by atoms with Gasteiger partial charge in [0.2, 0.25) is 5.91 Å². The molecule has 0 radical (unpaired) electrons. The summed E-state index contributed by atoms with van der Waals surface area (Å²) >= 11 is 0. The van der Waals surface area contributed by atoms with Gasteiger partial charge in [-0.15, -0.1) is 5.06 Å². The van der Waals surface area contributed by atoms with Gasteiger partial charge in [0.15, 0.2) is 0 Å². The summed E-state index contributed by atoms with van der Waals surface area (Å²) in [5.74, 6) is -2.21. The molecule has 1 rings (SSSR count). The second-order valence-corrected chi connectivity index (χ2v) is 10.0. The Morgan fingerprint density at radius 2 is 1.57 bits per heavy atom. The molecule has 3 amide bonds. The number of carbonyl (C=O) groups excluding carboxylic acids is 4. The summed E-state index contributed by atoms with van der Waals surface area (Å²) in [5, 5.41) is 3.32. The molecular weight excluding hydrogens is 390 g/mol. The van der Waals surface area contributed by atoms with Crippen molar-refractivity contribution in [2.24, 2.45) is 5.41 Å². The number of carbonyl (C=O) groups is 4. The maximum atomic E-state index is 12.5. The van der Waals surface area contributed by atoms with Gasteiger partial charge in [-0.1, -0.05) is 13.8 Å². The number of hydroxylamine groups is 2. The van der Waals surface area contributed by atoms with Gasteiger partial charge in [0.05, 0.1) is 24.2 Å². The Hall–Kier alpha value is -2.00. The average molecular weight is 428 g/mol. The molecule has 1 aliphatic heterocycles. The van der Waals surface area contributed by atoms with Crippen LogP contribution in [0.15, 0.2) is 0 Å². The summed E-state index contributed by atoms with van der Waals surface area (Å²) in [5.41, 5.74) is -1.50. The molecule has 1 aliphatic rings. The lowest BCUT2D eigenvalue weighted by Crippen LogP contribution is -2.44. The molecule has 1 N–H and O–H groups in total. The van der Waals surface area contributed by atoms with Gasteiger partial charge in [-0.3, -0.25) is 19.3 Å². The molecule has 172 valence electrons. The van der Waals surface area contributed by atoms with E-state index in [0.29, 0.717) is 24.8 Å². The smallest absolute Gasteiger partial charge is 0.334 e. The molecule has 0 atom stereocenters. The number of hydrogen-bond acceptors (Lipinski definition) is 7. The maximum absolute atomic E-state index is 12.5. The molecule has 0 spiro atoms. The zero-order valence-electron chi connectivity index (χ0n) is 19.6. The van der Waals surface area contributed by atoms with Gasteiger partial charge in [-0.2, -0.15) is 0 Å². The lowest BCUT2D eigenvalue weighted by molar-refractivity contribution is -0.199. The largest absolute Gasteiger partial charge is 0.360 e. The third-order valence-electron chi connectivity index (χ3n) is 5.21. The van der Waals surface area contributed by atoms with E-state index >= 15 is 0 Å². The van der Waals surface area contributed by atoms with Crippen molar-refractivity contribution in [3.63, 3.8) is 0 Å². The van der Waals surface area contributed by atoms with Gasteiger partial charge in [-0.05, 0) is 48.1 Å². The van der Waals surface area contributed by atoms with Crippen molar-refractivity contribution in [3.8, 4) is 0 Å². The summed E-state index contributed by atoms with van der Waals surface area (Å²) in [4.78, 5) is 54.7. The lowest BCUT2D eigenvalue weighted by Gasteiger charge is -2.35. The third-order valence-corrected chi connectivity index (χ3v) is 5.21. The van der Waals surface area contributed by atoms with Crippen LogP contribution in [-0.4, -0.2) is 65.1 Å². The summed E-state index contributed by atoms with van der Waals surface area (Å²) in [6.45, 7) is 14.3. The zero-order valence-corrected chi connectivity index (χ0v) is 19.6. The van der Waals surface area contributed by atoms with Crippen LogP contribution in [0.3, 0.4) is 0 Å². The fourth-order valence-electron chi connectivity index (χ4n) is 2.49. The topological polar surface area (TPSA) is 105 Å². The molecule has 0 aromatic carbocycles. The number of nitrogens with one attached hydrogen (secondary N) is 1. The summed E-state index contributed by atoms with van der Waals surface area (Å²) in [6, 6.07) is 0. The Kier molecular flexibility index (Phi) is 8.57. The molecule has 0 aromatic heterocycles. The number of amides is 3. The van der Waals surface area contributed by atoms with Crippen molar-refractivity contribution < 1.29 is 28.8 Å². The van der Waals surface area contributed by atoms with Crippen LogP contribution in [-0.2, 0) is 28.8 Å². The molecule has 0 unspecified atom stereocenters. The van der Waals surface area contributed by atoms with E-state index in [0.717, 1.165) is 0 Å². The van der Waals surface area contributed by atoms with E-state index in [1.165, 1.54) is 0 Å². The highest BCUT2D eigenvalue weighted by molar-refractivity contribution is 6.01. The van der Waals surface area contributed by atoms with E-state index in [4.69, 9.17) is 9.57 Å². The van der Waals surface area contributed by atoms with Crippen LogP contribution in [0.2, 0.25) is 0 Å². The van der Waals surface area contributed by atoms with Crippen molar-refractivity contribution in [2.45, 2.75) is 85.3 Å².